The number of amides is 1. The molecule has 0 aliphatic heterocycles. The predicted octanol–water partition coefficient (Wildman–Crippen LogP) is 4.13. The molecule has 1 amide bonds. The van der Waals surface area contributed by atoms with Gasteiger partial charge in [-0.15, -0.1) is 35.3 Å². The van der Waals surface area contributed by atoms with Crippen LogP contribution >= 0.6 is 35.3 Å². The third-order valence-electron chi connectivity index (χ3n) is 4.68. The van der Waals surface area contributed by atoms with Crippen LogP contribution in [0.5, 0.6) is 0 Å². The van der Waals surface area contributed by atoms with E-state index in [0.717, 1.165) is 53.7 Å². The zero-order valence-corrected chi connectivity index (χ0v) is 21.6. The van der Waals surface area contributed by atoms with Crippen LogP contribution in [0.2, 0.25) is 0 Å². The number of nitrogens with zero attached hydrogens (tertiary/aromatic N) is 2. The molecule has 32 heavy (non-hydrogen) atoms. The van der Waals surface area contributed by atoms with Crippen LogP contribution in [0.4, 0.5) is 0 Å². The molecule has 3 N–H and O–H groups in total. The maximum absolute atomic E-state index is 11.8. The number of rotatable bonds is 9. The van der Waals surface area contributed by atoms with E-state index in [2.05, 4.69) is 45.4 Å². The second-order valence-corrected chi connectivity index (χ2v) is 7.84. The zero-order valence-electron chi connectivity index (χ0n) is 18.4. The Morgan fingerprint density at radius 1 is 1.06 bits per heavy atom. The van der Waals surface area contributed by atoms with Gasteiger partial charge in [0.2, 0.25) is 0 Å². The molecule has 0 aliphatic carbocycles. The first kappa shape index (κ1) is 25.8. The third kappa shape index (κ3) is 7.90. The van der Waals surface area contributed by atoms with E-state index in [1.807, 2.05) is 42.5 Å². The van der Waals surface area contributed by atoms with Crippen LogP contribution in [0.15, 0.2) is 65.0 Å². The summed E-state index contributed by atoms with van der Waals surface area (Å²) in [5.74, 6) is 0.727. The van der Waals surface area contributed by atoms with Crippen molar-refractivity contribution in [3.05, 3.63) is 76.8 Å². The van der Waals surface area contributed by atoms with Crippen molar-refractivity contribution >= 4 is 47.2 Å². The standard InChI is InChI=1S/C24H29N5OS.HI/c1-3-26-24(27-14-12-18-8-7-11-20(16-18)22(30)25-2)28-15-13-21-17-31-23(29-21)19-9-5-4-6-10-19;/h4-11,16-17H,3,12-15H2,1-2H3,(H,25,30)(H2,26,27,28);1H. The lowest BCUT2D eigenvalue weighted by molar-refractivity contribution is 0.0963. The van der Waals surface area contributed by atoms with Crippen molar-refractivity contribution in [1.29, 1.82) is 0 Å². The topological polar surface area (TPSA) is 78.4 Å². The first-order valence-corrected chi connectivity index (χ1v) is 11.4. The normalized spacial score (nSPS) is 10.9. The average Bonchev–Trinajstić information content (AvgIpc) is 3.28. The number of hydrogen-bond acceptors (Lipinski definition) is 4. The fraction of sp³-hybridized carbons (Fsp3) is 0.292. The Balaban J connectivity index is 0.00000363. The number of hydrogen-bond donors (Lipinski definition) is 3. The molecule has 0 unspecified atom stereocenters. The van der Waals surface area contributed by atoms with Crippen molar-refractivity contribution < 1.29 is 4.79 Å². The van der Waals surface area contributed by atoms with E-state index < -0.39 is 0 Å². The third-order valence-corrected chi connectivity index (χ3v) is 5.62. The maximum Gasteiger partial charge on any atom is 0.251 e. The van der Waals surface area contributed by atoms with Crippen LogP contribution in [0.1, 0.15) is 28.5 Å². The summed E-state index contributed by atoms with van der Waals surface area (Å²) < 4.78 is 0. The lowest BCUT2D eigenvalue weighted by Crippen LogP contribution is -2.38. The van der Waals surface area contributed by atoms with Crippen molar-refractivity contribution in [2.75, 3.05) is 26.7 Å². The summed E-state index contributed by atoms with van der Waals surface area (Å²) in [6, 6.07) is 17.9. The van der Waals surface area contributed by atoms with E-state index in [4.69, 9.17) is 4.98 Å². The van der Waals surface area contributed by atoms with Gasteiger partial charge in [-0.05, 0) is 31.0 Å². The average molecular weight is 564 g/mol. The molecule has 1 aromatic heterocycles. The summed E-state index contributed by atoms with van der Waals surface area (Å²) in [6.07, 6.45) is 1.61. The summed E-state index contributed by atoms with van der Waals surface area (Å²) in [5, 5.41) is 12.5. The number of nitrogens with one attached hydrogen (secondary N) is 3. The molecule has 0 aliphatic rings. The van der Waals surface area contributed by atoms with Crippen molar-refractivity contribution in [3.8, 4) is 10.6 Å². The van der Waals surface area contributed by atoms with Gasteiger partial charge in [-0.2, -0.15) is 0 Å². The Hall–Kier alpha value is -2.46. The van der Waals surface area contributed by atoms with Gasteiger partial charge in [0.05, 0.1) is 5.69 Å². The van der Waals surface area contributed by atoms with E-state index in [1.165, 1.54) is 0 Å². The van der Waals surface area contributed by atoms with E-state index >= 15 is 0 Å². The lowest BCUT2D eigenvalue weighted by Gasteiger charge is -2.11. The van der Waals surface area contributed by atoms with Gasteiger partial charge in [0.25, 0.3) is 5.91 Å². The van der Waals surface area contributed by atoms with Gasteiger partial charge in [-0.25, -0.2) is 4.98 Å². The van der Waals surface area contributed by atoms with Gasteiger partial charge in [0.15, 0.2) is 5.96 Å². The summed E-state index contributed by atoms with van der Waals surface area (Å²) in [5.41, 5.74) is 4.01. The number of thiazole rings is 1. The number of guanidine groups is 1. The molecule has 2 aromatic carbocycles. The molecule has 8 heteroatoms. The van der Waals surface area contributed by atoms with E-state index in [-0.39, 0.29) is 29.9 Å². The zero-order chi connectivity index (χ0) is 21.9. The number of aliphatic imine (C=N–C) groups is 1. The van der Waals surface area contributed by atoms with Crippen molar-refractivity contribution in [1.82, 2.24) is 20.9 Å². The minimum absolute atomic E-state index is 0. The molecular formula is C24H30IN5OS. The monoisotopic (exact) mass is 563 g/mol. The van der Waals surface area contributed by atoms with Crippen LogP contribution < -0.4 is 16.0 Å². The molecule has 0 atom stereocenters. The van der Waals surface area contributed by atoms with Gasteiger partial charge in [0, 0.05) is 49.6 Å². The number of aromatic nitrogens is 1. The van der Waals surface area contributed by atoms with Crippen molar-refractivity contribution in [3.63, 3.8) is 0 Å². The molecule has 0 saturated heterocycles. The highest BCUT2D eigenvalue weighted by Gasteiger charge is 2.06. The van der Waals surface area contributed by atoms with E-state index in [1.54, 1.807) is 18.4 Å². The van der Waals surface area contributed by atoms with Gasteiger partial charge in [-0.1, -0.05) is 42.5 Å². The summed E-state index contributed by atoms with van der Waals surface area (Å²) in [6.45, 7) is 4.25. The first-order valence-electron chi connectivity index (χ1n) is 10.5. The second-order valence-electron chi connectivity index (χ2n) is 6.98. The quantitative estimate of drug-likeness (QED) is 0.208. The Labute approximate surface area is 211 Å². The minimum atomic E-state index is -0.0674. The van der Waals surface area contributed by atoms with Crippen LogP contribution in [0, 0.1) is 0 Å². The summed E-state index contributed by atoms with van der Waals surface area (Å²) in [4.78, 5) is 21.2. The summed E-state index contributed by atoms with van der Waals surface area (Å²) in [7, 11) is 1.64. The van der Waals surface area contributed by atoms with Gasteiger partial charge in [0.1, 0.15) is 5.01 Å². The highest BCUT2D eigenvalue weighted by atomic mass is 127. The molecule has 3 rings (SSSR count). The van der Waals surface area contributed by atoms with Gasteiger partial charge in [-0.3, -0.25) is 9.79 Å². The summed E-state index contributed by atoms with van der Waals surface area (Å²) >= 11 is 1.67. The highest BCUT2D eigenvalue weighted by molar-refractivity contribution is 14.0. The van der Waals surface area contributed by atoms with Crippen molar-refractivity contribution in [2.45, 2.75) is 19.8 Å². The fourth-order valence-electron chi connectivity index (χ4n) is 3.10. The van der Waals surface area contributed by atoms with Gasteiger partial charge < -0.3 is 16.0 Å². The van der Waals surface area contributed by atoms with Crippen LogP contribution in [-0.2, 0) is 12.8 Å². The molecular weight excluding hydrogens is 533 g/mol. The molecule has 3 aromatic rings. The highest BCUT2D eigenvalue weighted by Crippen LogP contribution is 2.23. The molecule has 170 valence electrons. The molecule has 0 radical (unpaired) electrons. The minimum Gasteiger partial charge on any atom is -0.357 e. The lowest BCUT2D eigenvalue weighted by atomic mass is 10.1. The van der Waals surface area contributed by atoms with Crippen molar-refractivity contribution in [2.24, 2.45) is 4.99 Å². The smallest absolute Gasteiger partial charge is 0.251 e. The molecule has 6 nitrogen and oxygen atoms in total. The Morgan fingerprint density at radius 3 is 2.62 bits per heavy atom. The van der Waals surface area contributed by atoms with Crippen LogP contribution in [0.3, 0.4) is 0 Å². The fourth-order valence-corrected chi connectivity index (χ4v) is 3.96. The first-order chi connectivity index (χ1) is 15.2. The molecule has 0 spiro atoms. The predicted molar refractivity (Wildman–Crippen MR) is 144 cm³/mol. The van der Waals surface area contributed by atoms with E-state index in [9.17, 15) is 4.79 Å². The number of benzene rings is 2. The van der Waals surface area contributed by atoms with E-state index in [0.29, 0.717) is 12.1 Å². The maximum atomic E-state index is 11.8. The molecule has 0 bridgehead atoms. The largest absolute Gasteiger partial charge is 0.357 e. The number of carbonyl (C=O) groups is 1. The number of halogens is 1. The molecule has 0 fully saturated rings. The van der Waals surface area contributed by atoms with Gasteiger partial charge >= 0.3 is 0 Å². The van der Waals surface area contributed by atoms with Crippen LogP contribution in [0.25, 0.3) is 10.6 Å². The SMILES string of the molecule is CCNC(=NCCc1csc(-c2ccccc2)n1)NCCc1cccc(C(=O)NC)c1.I. The molecule has 0 saturated carbocycles. The second kappa shape index (κ2) is 13.8. The Kier molecular flexibility index (Phi) is 11.2. The Morgan fingerprint density at radius 2 is 1.88 bits per heavy atom. The Bertz CT molecular complexity index is 1010. The number of carbonyl (C=O) groups excluding carboxylic acids is 1. The van der Waals surface area contributed by atoms with Crippen LogP contribution in [-0.4, -0.2) is 43.5 Å². The molecule has 1 heterocycles.